The van der Waals surface area contributed by atoms with Gasteiger partial charge in [-0.05, 0) is 38.7 Å². The predicted molar refractivity (Wildman–Crippen MR) is 109 cm³/mol. The minimum Gasteiger partial charge on any atom is -0.461 e. The largest absolute Gasteiger partial charge is 0.461 e. The standard InChI is InChI=1S/C23H31NO5/c1-16(25)10-6-3-4-9-13-22(27)24-20(14-18-11-7-5-8-12-18)21(26)15-19-17(2)29-23(19)28/h5,7-8,11-12,17,19-20H,3-4,6,9-10,13-15H2,1-2H3,(H,24,27)/t17-,19+,20-/m1/s1. The van der Waals surface area contributed by atoms with Gasteiger partial charge in [-0.15, -0.1) is 0 Å². The Hall–Kier alpha value is -2.50. The van der Waals surface area contributed by atoms with E-state index in [1.807, 2.05) is 30.3 Å². The number of ether oxygens (including phenoxy) is 1. The molecule has 0 aromatic heterocycles. The Morgan fingerprint density at radius 1 is 1.03 bits per heavy atom. The summed E-state index contributed by atoms with van der Waals surface area (Å²) in [5.74, 6) is -0.873. The summed E-state index contributed by atoms with van der Waals surface area (Å²) in [6.07, 6.45) is 4.54. The van der Waals surface area contributed by atoms with E-state index in [-0.39, 0.29) is 36.0 Å². The van der Waals surface area contributed by atoms with E-state index in [2.05, 4.69) is 5.32 Å². The summed E-state index contributed by atoms with van der Waals surface area (Å²) in [5.41, 5.74) is 0.958. The number of carbonyl (C=O) groups is 4. The maximum Gasteiger partial charge on any atom is 0.313 e. The first-order valence-electron chi connectivity index (χ1n) is 10.4. The van der Waals surface area contributed by atoms with Gasteiger partial charge in [0.15, 0.2) is 5.78 Å². The van der Waals surface area contributed by atoms with E-state index in [1.165, 1.54) is 0 Å². The van der Waals surface area contributed by atoms with Crippen molar-refractivity contribution in [1.82, 2.24) is 5.32 Å². The Labute approximate surface area is 172 Å². The zero-order valence-electron chi connectivity index (χ0n) is 17.3. The minimum absolute atomic E-state index is 0.0861. The van der Waals surface area contributed by atoms with Crippen LogP contribution >= 0.6 is 0 Å². The van der Waals surface area contributed by atoms with E-state index >= 15 is 0 Å². The van der Waals surface area contributed by atoms with Gasteiger partial charge in [-0.2, -0.15) is 0 Å². The topological polar surface area (TPSA) is 89.5 Å². The molecule has 3 atom stereocenters. The lowest BCUT2D eigenvalue weighted by Gasteiger charge is -2.32. The molecule has 0 aliphatic carbocycles. The van der Waals surface area contributed by atoms with Crippen molar-refractivity contribution in [2.45, 2.75) is 77.4 Å². The Kier molecular flexibility index (Phi) is 9.03. The van der Waals surface area contributed by atoms with Crippen molar-refractivity contribution < 1.29 is 23.9 Å². The van der Waals surface area contributed by atoms with Gasteiger partial charge < -0.3 is 14.8 Å². The lowest BCUT2D eigenvalue weighted by Crippen LogP contribution is -2.48. The number of esters is 1. The number of cyclic esters (lactones) is 1. The molecule has 2 rings (SSSR count). The van der Waals surface area contributed by atoms with Crippen molar-refractivity contribution in [2.24, 2.45) is 5.92 Å². The molecule has 1 aliphatic rings. The average Bonchev–Trinajstić information content (AvgIpc) is 2.68. The first-order valence-corrected chi connectivity index (χ1v) is 10.4. The Balaban J connectivity index is 1.85. The van der Waals surface area contributed by atoms with Crippen LogP contribution < -0.4 is 5.32 Å². The number of unbranched alkanes of at least 4 members (excludes halogenated alkanes) is 3. The van der Waals surface area contributed by atoms with Crippen molar-refractivity contribution in [1.29, 1.82) is 0 Å². The molecule has 1 aliphatic heterocycles. The van der Waals surface area contributed by atoms with E-state index in [0.29, 0.717) is 19.3 Å². The highest BCUT2D eigenvalue weighted by Gasteiger charge is 2.41. The van der Waals surface area contributed by atoms with Crippen LogP contribution in [0.5, 0.6) is 0 Å². The maximum absolute atomic E-state index is 12.8. The zero-order chi connectivity index (χ0) is 21.2. The molecule has 0 saturated carbocycles. The number of hydrogen-bond donors (Lipinski definition) is 1. The molecule has 0 radical (unpaired) electrons. The third kappa shape index (κ3) is 7.80. The van der Waals surface area contributed by atoms with Crippen molar-refractivity contribution >= 4 is 23.4 Å². The molecule has 1 aromatic rings. The third-order valence-corrected chi connectivity index (χ3v) is 5.28. The van der Waals surface area contributed by atoms with Gasteiger partial charge >= 0.3 is 5.97 Å². The Morgan fingerprint density at radius 3 is 2.28 bits per heavy atom. The van der Waals surface area contributed by atoms with E-state index in [4.69, 9.17) is 4.74 Å². The second-order valence-electron chi connectivity index (χ2n) is 7.84. The summed E-state index contributed by atoms with van der Waals surface area (Å²) in [4.78, 5) is 47.7. The third-order valence-electron chi connectivity index (χ3n) is 5.28. The van der Waals surface area contributed by atoms with Gasteiger partial charge in [0.1, 0.15) is 17.8 Å². The molecule has 1 heterocycles. The zero-order valence-corrected chi connectivity index (χ0v) is 17.3. The lowest BCUT2D eigenvalue weighted by molar-refractivity contribution is -0.183. The molecule has 0 spiro atoms. The summed E-state index contributed by atoms with van der Waals surface area (Å²) in [7, 11) is 0. The molecule has 1 fully saturated rings. The summed E-state index contributed by atoms with van der Waals surface area (Å²) in [6.45, 7) is 3.36. The predicted octanol–water partition coefficient (Wildman–Crippen LogP) is 3.16. The fourth-order valence-corrected chi connectivity index (χ4v) is 3.46. The fourth-order valence-electron chi connectivity index (χ4n) is 3.46. The Bertz CT molecular complexity index is 715. The molecule has 1 N–H and O–H groups in total. The number of rotatable bonds is 13. The average molecular weight is 402 g/mol. The van der Waals surface area contributed by atoms with Gasteiger partial charge in [-0.25, -0.2) is 0 Å². The van der Waals surface area contributed by atoms with Crippen LogP contribution in [0.1, 0.15) is 64.4 Å². The molecule has 6 nitrogen and oxygen atoms in total. The summed E-state index contributed by atoms with van der Waals surface area (Å²) >= 11 is 0. The van der Waals surface area contributed by atoms with Gasteiger partial charge in [-0.1, -0.05) is 43.2 Å². The van der Waals surface area contributed by atoms with E-state index in [9.17, 15) is 19.2 Å². The van der Waals surface area contributed by atoms with Crippen LogP contribution in [-0.4, -0.2) is 35.6 Å². The molecule has 0 bridgehead atoms. The van der Waals surface area contributed by atoms with Crippen molar-refractivity contribution in [3.8, 4) is 0 Å². The van der Waals surface area contributed by atoms with E-state index in [1.54, 1.807) is 13.8 Å². The number of benzene rings is 1. The SMILES string of the molecule is CC(=O)CCCCCCC(=O)N[C@H](Cc1ccccc1)C(=O)C[C@@H]1C(=O)O[C@@H]1C. The maximum atomic E-state index is 12.8. The van der Waals surface area contributed by atoms with Gasteiger partial charge in [0.05, 0.1) is 6.04 Å². The molecular formula is C23H31NO5. The summed E-state index contributed by atoms with van der Waals surface area (Å²) in [6, 6.07) is 8.87. The van der Waals surface area contributed by atoms with Crippen LogP contribution in [-0.2, 0) is 30.3 Å². The van der Waals surface area contributed by atoms with Crippen LogP contribution in [0.15, 0.2) is 30.3 Å². The number of hydrogen-bond acceptors (Lipinski definition) is 5. The van der Waals surface area contributed by atoms with Crippen LogP contribution in [0.2, 0.25) is 0 Å². The highest BCUT2D eigenvalue weighted by atomic mass is 16.6. The minimum atomic E-state index is -0.650. The Morgan fingerprint density at radius 2 is 1.69 bits per heavy atom. The van der Waals surface area contributed by atoms with Gasteiger partial charge in [0, 0.05) is 19.3 Å². The first-order chi connectivity index (χ1) is 13.9. The molecule has 29 heavy (non-hydrogen) atoms. The number of carbonyl (C=O) groups excluding carboxylic acids is 4. The number of amides is 1. The van der Waals surface area contributed by atoms with Crippen LogP contribution in [0, 0.1) is 5.92 Å². The van der Waals surface area contributed by atoms with E-state index < -0.39 is 12.0 Å². The molecule has 1 saturated heterocycles. The number of ketones is 2. The van der Waals surface area contributed by atoms with Gasteiger partial charge in [0.25, 0.3) is 0 Å². The van der Waals surface area contributed by atoms with Gasteiger partial charge in [0.2, 0.25) is 5.91 Å². The second kappa shape index (κ2) is 11.5. The van der Waals surface area contributed by atoms with Crippen molar-refractivity contribution in [3.63, 3.8) is 0 Å². The summed E-state index contributed by atoms with van der Waals surface area (Å²) in [5, 5.41) is 2.86. The molecule has 6 heteroatoms. The first kappa shape index (κ1) is 22.8. The molecule has 0 unspecified atom stereocenters. The molecule has 158 valence electrons. The number of nitrogens with one attached hydrogen (secondary N) is 1. The fraction of sp³-hybridized carbons (Fsp3) is 0.565. The molecule has 1 aromatic carbocycles. The number of Topliss-reactive ketones (excluding diaryl/α,β-unsaturated/α-hetero) is 2. The normalized spacial score (nSPS) is 19.0. The molecule has 1 amide bonds. The van der Waals surface area contributed by atoms with Crippen molar-refractivity contribution in [2.75, 3.05) is 0 Å². The van der Waals surface area contributed by atoms with Crippen LogP contribution in [0.4, 0.5) is 0 Å². The monoisotopic (exact) mass is 401 g/mol. The lowest BCUT2D eigenvalue weighted by atomic mass is 9.88. The summed E-state index contributed by atoms with van der Waals surface area (Å²) < 4.78 is 4.93. The van der Waals surface area contributed by atoms with Crippen molar-refractivity contribution in [3.05, 3.63) is 35.9 Å². The van der Waals surface area contributed by atoms with E-state index in [0.717, 1.165) is 31.2 Å². The second-order valence-corrected chi connectivity index (χ2v) is 7.84. The smallest absolute Gasteiger partial charge is 0.313 e. The highest BCUT2D eigenvalue weighted by Crippen LogP contribution is 2.26. The van der Waals surface area contributed by atoms with Crippen LogP contribution in [0.3, 0.4) is 0 Å². The highest BCUT2D eigenvalue weighted by molar-refractivity contribution is 5.93. The molecular weight excluding hydrogens is 370 g/mol. The van der Waals surface area contributed by atoms with Gasteiger partial charge in [-0.3, -0.25) is 14.4 Å². The quantitative estimate of drug-likeness (QED) is 0.405. The van der Waals surface area contributed by atoms with Crippen LogP contribution in [0.25, 0.3) is 0 Å².